The summed E-state index contributed by atoms with van der Waals surface area (Å²) in [6.45, 7) is 3.98. The quantitative estimate of drug-likeness (QED) is 0.922. The number of ether oxygens (including phenoxy) is 1. The molecule has 1 fully saturated rings. The molecule has 5 nitrogen and oxygen atoms in total. The van der Waals surface area contributed by atoms with Gasteiger partial charge in [0.1, 0.15) is 4.47 Å². The van der Waals surface area contributed by atoms with Gasteiger partial charge in [0.25, 0.3) is 0 Å². The fourth-order valence-corrected chi connectivity index (χ4v) is 2.53. The number of hydrogen-bond donors (Lipinski definition) is 1. The molecule has 100 valence electrons. The van der Waals surface area contributed by atoms with E-state index in [4.69, 9.17) is 4.74 Å². The van der Waals surface area contributed by atoms with Gasteiger partial charge in [0.05, 0.1) is 12.8 Å². The molecule has 6 heteroatoms. The molecular formula is C12H19BrN4O. The molecule has 0 amide bonds. The van der Waals surface area contributed by atoms with Crippen LogP contribution in [0.5, 0.6) is 5.88 Å². The molecule has 1 aromatic heterocycles. The summed E-state index contributed by atoms with van der Waals surface area (Å²) in [5.74, 6) is 1.21. The van der Waals surface area contributed by atoms with Crippen LogP contribution in [0, 0.1) is 6.92 Å². The van der Waals surface area contributed by atoms with Crippen LogP contribution in [0.2, 0.25) is 0 Å². The normalized spacial score (nSPS) is 20.1. The van der Waals surface area contributed by atoms with Crippen LogP contribution in [-0.4, -0.2) is 48.2 Å². The van der Waals surface area contributed by atoms with E-state index in [1.165, 1.54) is 19.4 Å². The van der Waals surface area contributed by atoms with Gasteiger partial charge in [0, 0.05) is 12.6 Å². The number of likely N-dealkylation sites (N-methyl/N-ethyl adjacent to an activating group) is 1. The summed E-state index contributed by atoms with van der Waals surface area (Å²) in [4.78, 5) is 11.1. The molecule has 2 rings (SSSR count). The number of likely N-dealkylation sites (tertiary alicyclic amines) is 1. The highest BCUT2D eigenvalue weighted by Crippen LogP contribution is 2.26. The van der Waals surface area contributed by atoms with Gasteiger partial charge in [-0.15, -0.1) is 0 Å². The maximum atomic E-state index is 5.21. The lowest BCUT2D eigenvalue weighted by atomic mass is 10.2. The minimum atomic E-state index is 0.573. The molecule has 1 unspecified atom stereocenters. The Hall–Kier alpha value is -0.880. The van der Waals surface area contributed by atoms with Crippen molar-refractivity contribution in [1.29, 1.82) is 0 Å². The average molecular weight is 315 g/mol. The maximum absolute atomic E-state index is 5.21. The Balaban J connectivity index is 2.03. The van der Waals surface area contributed by atoms with Crippen LogP contribution < -0.4 is 10.1 Å². The van der Waals surface area contributed by atoms with Crippen molar-refractivity contribution >= 4 is 21.9 Å². The van der Waals surface area contributed by atoms with Crippen molar-refractivity contribution in [1.82, 2.24) is 14.9 Å². The van der Waals surface area contributed by atoms with Crippen LogP contribution >= 0.6 is 15.9 Å². The predicted octanol–water partition coefficient (Wildman–Crippen LogP) is 2.06. The highest BCUT2D eigenvalue weighted by molar-refractivity contribution is 9.10. The van der Waals surface area contributed by atoms with Gasteiger partial charge in [-0.05, 0) is 49.3 Å². The molecule has 1 N–H and O–H groups in total. The molecular weight excluding hydrogens is 296 g/mol. The lowest BCUT2D eigenvalue weighted by molar-refractivity contribution is 0.321. The molecule has 18 heavy (non-hydrogen) atoms. The summed E-state index contributed by atoms with van der Waals surface area (Å²) in [5.41, 5.74) is 0.879. The summed E-state index contributed by atoms with van der Waals surface area (Å²) in [5, 5.41) is 3.30. The second-order valence-electron chi connectivity index (χ2n) is 4.61. The molecule has 0 spiro atoms. The number of halogens is 1. The van der Waals surface area contributed by atoms with Gasteiger partial charge >= 0.3 is 0 Å². The summed E-state index contributed by atoms with van der Waals surface area (Å²) >= 11 is 3.42. The first-order valence-corrected chi connectivity index (χ1v) is 6.93. The van der Waals surface area contributed by atoms with E-state index in [1.807, 2.05) is 6.92 Å². The Morgan fingerprint density at radius 3 is 2.89 bits per heavy atom. The number of rotatable bonds is 4. The molecule has 0 aromatic carbocycles. The van der Waals surface area contributed by atoms with E-state index in [1.54, 1.807) is 7.11 Å². The van der Waals surface area contributed by atoms with Gasteiger partial charge in [0.2, 0.25) is 11.8 Å². The van der Waals surface area contributed by atoms with Crippen LogP contribution in [0.1, 0.15) is 18.5 Å². The van der Waals surface area contributed by atoms with E-state index in [0.717, 1.165) is 16.7 Å². The van der Waals surface area contributed by atoms with E-state index in [-0.39, 0.29) is 0 Å². The highest BCUT2D eigenvalue weighted by atomic mass is 79.9. The molecule has 0 saturated carbocycles. The van der Waals surface area contributed by atoms with E-state index >= 15 is 0 Å². The van der Waals surface area contributed by atoms with E-state index < -0.39 is 0 Å². The van der Waals surface area contributed by atoms with Crippen molar-refractivity contribution in [2.24, 2.45) is 0 Å². The second-order valence-corrected chi connectivity index (χ2v) is 5.41. The Morgan fingerprint density at radius 1 is 1.50 bits per heavy atom. The standard InChI is InChI=1S/C12H19BrN4O/c1-8-10(13)11(18-3)16-12(15-8)14-7-9-5-4-6-17(9)2/h9H,4-7H2,1-3H3,(H,14,15,16). The zero-order chi connectivity index (χ0) is 13.1. The Morgan fingerprint density at radius 2 is 2.28 bits per heavy atom. The lowest BCUT2D eigenvalue weighted by Crippen LogP contribution is -2.32. The second kappa shape index (κ2) is 5.84. The zero-order valence-electron chi connectivity index (χ0n) is 11.0. The minimum Gasteiger partial charge on any atom is -0.480 e. The fourth-order valence-electron chi connectivity index (χ4n) is 2.19. The van der Waals surface area contributed by atoms with Crippen molar-refractivity contribution in [3.8, 4) is 5.88 Å². The predicted molar refractivity (Wildman–Crippen MR) is 75.2 cm³/mol. The molecule has 1 aromatic rings. The number of aryl methyl sites for hydroxylation is 1. The molecule has 1 aliphatic rings. The van der Waals surface area contributed by atoms with Crippen LogP contribution in [0.25, 0.3) is 0 Å². The number of nitrogens with zero attached hydrogens (tertiary/aromatic N) is 3. The molecule has 1 saturated heterocycles. The first-order valence-electron chi connectivity index (χ1n) is 6.14. The van der Waals surface area contributed by atoms with Crippen LogP contribution in [0.15, 0.2) is 4.47 Å². The van der Waals surface area contributed by atoms with Crippen molar-refractivity contribution in [2.45, 2.75) is 25.8 Å². The molecule has 0 aliphatic carbocycles. The SMILES string of the molecule is COc1nc(NCC2CCCN2C)nc(C)c1Br. The number of methoxy groups -OCH3 is 1. The minimum absolute atomic E-state index is 0.573. The number of hydrogen-bond acceptors (Lipinski definition) is 5. The van der Waals surface area contributed by atoms with Crippen molar-refractivity contribution in [3.05, 3.63) is 10.2 Å². The van der Waals surface area contributed by atoms with E-state index in [2.05, 4.69) is 43.2 Å². The third-order valence-electron chi connectivity index (χ3n) is 3.35. The van der Waals surface area contributed by atoms with Gasteiger partial charge in [-0.25, -0.2) is 4.98 Å². The Kier molecular flexibility index (Phi) is 4.40. The van der Waals surface area contributed by atoms with E-state index in [9.17, 15) is 0 Å². The van der Waals surface area contributed by atoms with Gasteiger partial charge in [0.15, 0.2) is 0 Å². The van der Waals surface area contributed by atoms with Gasteiger partial charge in [-0.1, -0.05) is 0 Å². The average Bonchev–Trinajstić information content (AvgIpc) is 2.76. The first kappa shape index (κ1) is 13.5. The third kappa shape index (κ3) is 2.92. The molecule has 1 aliphatic heterocycles. The van der Waals surface area contributed by atoms with Crippen molar-refractivity contribution in [2.75, 3.05) is 32.6 Å². The molecule has 0 radical (unpaired) electrons. The number of anilines is 1. The smallest absolute Gasteiger partial charge is 0.232 e. The van der Waals surface area contributed by atoms with Gasteiger partial charge < -0.3 is 15.0 Å². The number of aromatic nitrogens is 2. The molecule has 2 heterocycles. The summed E-state index contributed by atoms with van der Waals surface area (Å²) < 4.78 is 6.02. The van der Waals surface area contributed by atoms with E-state index in [0.29, 0.717) is 17.9 Å². The summed E-state index contributed by atoms with van der Waals surface area (Å²) in [7, 11) is 3.77. The van der Waals surface area contributed by atoms with Gasteiger partial charge in [-0.2, -0.15) is 4.98 Å². The molecule has 0 bridgehead atoms. The Bertz CT molecular complexity index is 427. The van der Waals surface area contributed by atoms with Gasteiger partial charge in [-0.3, -0.25) is 0 Å². The van der Waals surface area contributed by atoms with Crippen LogP contribution in [0.4, 0.5) is 5.95 Å². The Labute approximate surface area is 116 Å². The summed E-state index contributed by atoms with van der Waals surface area (Å²) in [6.07, 6.45) is 2.50. The third-order valence-corrected chi connectivity index (χ3v) is 4.26. The van der Waals surface area contributed by atoms with Crippen molar-refractivity contribution in [3.63, 3.8) is 0 Å². The maximum Gasteiger partial charge on any atom is 0.232 e. The number of nitrogens with one attached hydrogen (secondary N) is 1. The zero-order valence-corrected chi connectivity index (χ0v) is 12.6. The first-order chi connectivity index (χ1) is 8.61. The van der Waals surface area contributed by atoms with Crippen molar-refractivity contribution < 1.29 is 4.74 Å². The van der Waals surface area contributed by atoms with Crippen LogP contribution in [-0.2, 0) is 0 Å². The van der Waals surface area contributed by atoms with Crippen LogP contribution in [0.3, 0.4) is 0 Å². The monoisotopic (exact) mass is 314 g/mol. The topological polar surface area (TPSA) is 50.3 Å². The largest absolute Gasteiger partial charge is 0.480 e. The lowest BCUT2D eigenvalue weighted by Gasteiger charge is -2.19. The highest BCUT2D eigenvalue weighted by Gasteiger charge is 2.20. The fraction of sp³-hybridized carbons (Fsp3) is 0.667. The molecule has 1 atom stereocenters. The summed E-state index contributed by atoms with van der Waals surface area (Å²) in [6, 6.07) is 0.573.